The minimum Gasteiger partial charge on any atom is -0.373 e. The Kier molecular flexibility index (Phi) is 5.63. The zero-order valence-corrected chi connectivity index (χ0v) is 10.6. The van der Waals surface area contributed by atoms with Crippen LogP contribution in [0, 0.1) is 0 Å². The van der Waals surface area contributed by atoms with Crippen molar-refractivity contribution in [1.29, 1.82) is 0 Å². The normalized spacial score (nSPS) is 9.67. The van der Waals surface area contributed by atoms with Gasteiger partial charge in [-0.25, -0.2) is 4.98 Å². The first-order valence-corrected chi connectivity index (χ1v) is 5.86. The first-order valence-electron chi connectivity index (χ1n) is 5.86. The molecule has 0 saturated carbocycles. The quantitative estimate of drug-likeness (QED) is 0.681. The highest BCUT2D eigenvalue weighted by Crippen LogP contribution is 2.03. The molecule has 1 rings (SSSR count). The molecule has 0 spiro atoms. The van der Waals surface area contributed by atoms with E-state index >= 15 is 0 Å². The predicted molar refractivity (Wildman–Crippen MR) is 69.4 cm³/mol. The van der Waals surface area contributed by atoms with Gasteiger partial charge in [0, 0.05) is 32.8 Å². The van der Waals surface area contributed by atoms with Gasteiger partial charge in [-0.2, -0.15) is 0 Å². The Bertz CT molecular complexity index is 403. The van der Waals surface area contributed by atoms with Crippen LogP contribution < -0.4 is 16.0 Å². The molecule has 0 aliphatic rings. The Morgan fingerprint density at radius 1 is 1.28 bits per heavy atom. The predicted octanol–water partition coefficient (Wildman–Crippen LogP) is 0.379. The van der Waals surface area contributed by atoms with E-state index in [1.165, 1.54) is 6.20 Å². The number of hydrogen-bond donors (Lipinski definition) is 3. The van der Waals surface area contributed by atoms with E-state index in [-0.39, 0.29) is 18.2 Å². The lowest BCUT2D eigenvalue weighted by Gasteiger charge is -2.05. The van der Waals surface area contributed by atoms with Gasteiger partial charge in [0.15, 0.2) is 0 Å². The second-order valence-corrected chi connectivity index (χ2v) is 3.64. The number of pyridine rings is 1. The van der Waals surface area contributed by atoms with E-state index in [1.807, 2.05) is 6.92 Å². The van der Waals surface area contributed by atoms with Crippen LogP contribution in [-0.2, 0) is 4.79 Å². The van der Waals surface area contributed by atoms with Crippen LogP contribution in [0.1, 0.15) is 23.7 Å². The zero-order chi connectivity index (χ0) is 13.4. The highest BCUT2D eigenvalue weighted by atomic mass is 16.2. The van der Waals surface area contributed by atoms with E-state index < -0.39 is 0 Å². The summed E-state index contributed by atoms with van der Waals surface area (Å²) in [5.41, 5.74) is 0.477. The Hall–Kier alpha value is -2.11. The molecule has 3 N–H and O–H groups in total. The monoisotopic (exact) mass is 250 g/mol. The lowest BCUT2D eigenvalue weighted by atomic mass is 10.2. The average molecular weight is 250 g/mol. The first kappa shape index (κ1) is 14.0. The zero-order valence-electron chi connectivity index (χ0n) is 10.6. The molecule has 0 aliphatic heterocycles. The van der Waals surface area contributed by atoms with Gasteiger partial charge in [-0.15, -0.1) is 0 Å². The van der Waals surface area contributed by atoms with Gasteiger partial charge in [0.1, 0.15) is 5.82 Å². The summed E-state index contributed by atoms with van der Waals surface area (Å²) in [7, 11) is 1.76. The summed E-state index contributed by atoms with van der Waals surface area (Å²) in [6.07, 6.45) is 1.77. The van der Waals surface area contributed by atoms with Crippen LogP contribution in [0.25, 0.3) is 0 Å². The molecular weight excluding hydrogens is 232 g/mol. The van der Waals surface area contributed by atoms with Crippen molar-refractivity contribution < 1.29 is 9.59 Å². The molecule has 1 aromatic heterocycles. The summed E-state index contributed by atoms with van der Waals surface area (Å²) >= 11 is 0. The number of nitrogens with one attached hydrogen (secondary N) is 3. The molecule has 2 amide bonds. The maximum absolute atomic E-state index is 11.7. The number of nitrogens with zero attached hydrogens (tertiary/aromatic N) is 1. The van der Waals surface area contributed by atoms with E-state index in [9.17, 15) is 9.59 Å². The van der Waals surface area contributed by atoms with Gasteiger partial charge in [-0.1, -0.05) is 0 Å². The molecule has 0 radical (unpaired) electrons. The summed E-state index contributed by atoms with van der Waals surface area (Å²) in [6, 6.07) is 3.40. The van der Waals surface area contributed by atoms with Gasteiger partial charge >= 0.3 is 0 Å². The van der Waals surface area contributed by atoms with Gasteiger partial charge < -0.3 is 16.0 Å². The lowest BCUT2D eigenvalue weighted by Crippen LogP contribution is -2.30. The third-order valence-corrected chi connectivity index (χ3v) is 2.29. The Balaban J connectivity index is 2.38. The molecule has 98 valence electrons. The van der Waals surface area contributed by atoms with Crippen molar-refractivity contribution in [3.05, 3.63) is 23.9 Å². The first-order chi connectivity index (χ1) is 8.67. The summed E-state index contributed by atoms with van der Waals surface area (Å²) < 4.78 is 0. The molecule has 1 aromatic rings. The maximum Gasteiger partial charge on any atom is 0.252 e. The van der Waals surface area contributed by atoms with Gasteiger partial charge in [-0.3, -0.25) is 9.59 Å². The number of carbonyl (C=O) groups excluding carboxylic acids is 2. The molecule has 1 heterocycles. The van der Waals surface area contributed by atoms with Gasteiger partial charge in [0.25, 0.3) is 5.91 Å². The molecule has 0 fully saturated rings. The third kappa shape index (κ3) is 4.40. The fourth-order valence-corrected chi connectivity index (χ4v) is 1.35. The van der Waals surface area contributed by atoms with E-state index in [4.69, 9.17) is 0 Å². The number of carbonyl (C=O) groups is 2. The molecule has 6 heteroatoms. The highest BCUT2D eigenvalue weighted by molar-refractivity contribution is 5.94. The van der Waals surface area contributed by atoms with Crippen LogP contribution in [-0.4, -0.2) is 36.9 Å². The molecule has 0 bridgehead atoms. The van der Waals surface area contributed by atoms with E-state index in [1.54, 1.807) is 19.2 Å². The highest BCUT2D eigenvalue weighted by Gasteiger charge is 2.06. The molecule has 0 unspecified atom stereocenters. The second-order valence-electron chi connectivity index (χ2n) is 3.64. The largest absolute Gasteiger partial charge is 0.373 e. The molecule has 0 aromatic carbocycles. The standard InChI is InChI=1S/C12H18N4O2/c1-3-14-11(17)6-7-15-12(18)9-4-5-10(13-2)16-8-9/h4-5,8H,3,6-7H2,1-2H3,(H,13,16)(H,14,17)(H,15,18). The van der Waals surface area contributed by atoms with E-state index in [2.05, 4.69) is 20.9 Å². The Morgan fingerprint density at radius 2 is 2.06 bits per heavy atom. The van der Waals surface area contributed by atoms with Gasteiger partial charge in [0.05, 0.1) is 5.56 Å². The number of aromatic nitrogens is 1. The van der Waals surface area contributed by atoms with Crippen LogP contribution in [0.15, 0.2) is 18.3 Å². The fraction of sp³-hybridized carbons (Fsp3) is 0.417. The molecule has 6 nitrogen and oxygen atoms in total. The summed E-state index contributed by atoms with van der Waals surface area (Å²) in [5, 5.41) is 8.20. The summed E-state index contributed by atoms with van der Waals surface area (Å²) in [5.74, 6) is 0.407. The van der Waals surface area contributed by atoms with Crippen molar-refractivity contribution in [3.63, 3.8) is 0 Å². The van der Waals surface area contributed by atoms with Crippen molar-refractivity contribution in [2.24, 2.45) is 0 Å². The summed E-state index contributed by atoms with van der Waals surface area (Å²) in [4.78, 5) is 26.9. The van der Waals surface area contributed by atoms with E-state index in [0.717, 1.165) is 0 Å². The Labute approximate surface area is 106 Å². The molecular formula is C12H18N4O2. The van der Waals surface area contributed by atoms with Crippen molar-refractivity contribution >= 4 is 17.6 Å². The molecule has 0 aliphatic carbocycles. The van der Waals surface area contributed by atoms with Crippen molar-refractivity contribution in [1.82, 2.24) is 15.6 Å². The van der Waals surface area contributed by atoms with Crippen molar-refractivity contribution in [3.8, 4) is 0 Å². The minimum absolute atomic E-state index is 0.0681. The van der Waals surface area contributed by atoms with Crippen LogP contribution in [0.3, 0.4) is 0 Å². The fourth-order valence-electron chi connectivity index (χ4n) is 1.35. The third-order valence-electron chi connectivity index (χ3n) is 2.29. The Morgan fingerprint density at radius 3 is 2.61 bits per heavy atom. The topological polar surface area (TPSA) is 83.1 Å². The smallest absolute Gasteiger partial charge is 0.252 e. The van der Waals surface area contributed by atoms with Crippen LogP contribution in [0.5, 0.6) is 0 Å². The number of anilines is 1. The van der Waals surface area contributed by atoms with Crippen LogP contribution in [0.2, 0.25) is 0 Å². The number of hydrogen-bond acceptors (Lipinski definition) is 4. The van der Waals surface area contributed by atoms with Gasteiger partial charge in [0.2, 0.25) is 5.91 Å². The second kappa shape index (κ2) is 7.26. The summed E-state index contributed by atoms with van der Waals surface area (Å²) in [6.45, 7) is 2.77. The van der Waals surface area contributed by atoms with Crippen molar-refractivity contribution in [2.75, 3.05) is 25.5 Å². The number of rotatable bonds is 6. The molecule has 0 atom stereocenters. The van der Waals surface area contributed by atoms with Gasteiger partial charge in [-0.05, 0) is 19.1 Å². The average Bonchev–Trinajstić information content (AvgIpc) is 2.39. The molecule has 0 saturated heterocycles. The van der Waals surface area contributed by atoms with E-state index in [0.29, 0.717) is 24.5 Å². The lowest BCUT2D eigenvalue weighted by molar-refractivity contribution is -0.120. The number of amides is 2. The molecule has 18 heavy (non-hydrogen) atoms. The maximum atomic E-state index is 11.7. The minimum atomic E-state index is -0.227. The van der Waals surface area contributed by atoms with Crippen LogP contribution >= 0.6 is 0 Å². The van der Waals surface area contributed by atoms with Crippen LogP contribution in [0.4, 0.5) is 5.82 Å². The van der Waals surface area contributed by atoms with Crippen molar-refractivity contribution in [2.45, 2.75) is 13.3 Å². The SMILES string of the molecule is CCNC(=O)CCNC(=O)c1ccc(NC)nc1.